The SMILES string of the molecule is CC1C[C@H](C(=O)NC2(C)CC2)[C@H](C(=O)O)C1. The lowest BCUT2D eigenvalue weighted by molar-refractivity contribution is -0.146. The van der Waals surface area contributed by atoms with E-state index in [4.69, 9.17) is 5.11 Å². The molecule has 0 aromatic rings. The Morgan fingerprint density at radius 1 is 1.25 bits per heavy atom. The molecule has 0 bridgehead atoms. The molecule has 0 spiro atoms. The normalized spacial score (nSPS) is 35.8. The minimum atomic E-state index is -0.828. The number of hydrogen-bond donors (Lipinski definition) is 2. The largest absolute Gasteiger partial charge is 0.481 e. The zero-order valence-electron chi connectivity index (χ0n) is 9.82. The lowest BCUT2D eigenvalue weighted by Crippen LogP contribution is -2.41. The predicted molar refractivity (Wildman–Crippen MR) is 58.8 cm³/mol. The van der Waals surface area contributed by atoms with Gasteiger partial charge in [0.25, 0.3) is 0 Å². The first-order valence-corrected chi connectivity index (χ1v) is 5.96. The zero-order chi connectivity index (χ0) is 11.9. The van der Waals surface area contributed by atoms with Crippen molar-refractivity contribution in [3.05, 3.63) is 0 Å². The van der Waals surface area contributed by atoms with E-state index >= 15 is 0 Å². The molecular formula is C12H19NO3. The number of carboxylic acids is 1. The van der Waals surface area contributed by atoms with Gasteiger partial charge in [-0.2, -0.15) is 0 Å². The van der Waals surface area contributed by atoms with Crippen molar-refractivity contribution >= 4 is 11.9 Å². The van der Waals surface area contributed by atoms with Crippen LogP contribution in [0.2, 0.25) is 0 Å². The third kappa shape index (κ3) is 2.20. The van der Waals surface area contributed by atoms with E-state index in [2.05, 4.69) is 5.32 Å². The van der Waals surface area contributed by atoms with Gasteiger partial charge in [-0.1, -0.05) is 6.92 Å². The summed E-state index contributed by atoms with van der Waals surface area (Å²) >= 11 is 0. The quantitative estimate of drug-likeness (QED) is 0.763. The first-order chi connectivity index (χ1) is 7.41. The van der Waals surface area contributed by atoms with Gasteiger partial charge in [-0.3, -0.25) is 9.59 Å². The number of carbonyl (C=O) groups excluding carboxylic acids is 1. The molecule has 2 rings (SSSR count). The van der Waals surface area contributed by atoms with Crippen LogP contribution in [0.3, 0.4) is 0 Å². The molecule has 0 aromatic carbocycles. The third-order valence-corrected chi connectivity index (χ3v) is 3.88. The third-order valence-electron chi connectivity index (χ3n) is 3.88. The van der Waals surface area contributed by atoms with Crippen LogP contribution in [0.4, 0.5) is 0 Å². The van der Waals surface area contributed by atoms with Crippen molar-refractivity contribution < 1.29 is 14.7 Å². The minimum absolute atomic E-state index is 0.0496. The molecule has 4 nitrogen and oxygen atoms in total. The molecule has 1 unspecified atom stereocenters. The molecule has 90 valence electrons. The molecule has 0 aromatic heterocycles. The van der Waals surface area contributed by atoms with Crippen molar-refractivity contribution in [2.45, 2.75) is 45.1 Å². The van der Waals surface area contributed by atoms with Crippen molar-refractivity contribution in [3.8, 4) is 0 Å². The van der Waals surface area contributed by atoms with E-state index in [1.165, 1.54) is 0 Å². The fourth-order valence-corrected chi connectivity index (χ4v) is 2.56. The van der Waals surface area contributed by atoms with Gasteiger partial charge in [-0.05, 0) is 38.5 Å². The highest BCUT2D eigenvalue weighted by atomic mass is 16.4. The van der Waals surface area contributed by atoms with Crippen molar-refractivity contribution in [3.63, 3.8) is 0 Å². The molecule has 0 saturated heterocycles. The van der Waals surface area contributed by atoms with E-state index in [0.717, 1.165) is 12.8 Å². The molecule has 2 fully saturated rings. The molecule has 0 aliphatic heterocycles. The highest BCUT2D eigenvalue weighted by molar-refractivity contribution is 5.86. The summed E-state index contributed by atoms with van der Waals surface area (Å²) in [5.74, 6) is -1.37. The lowest BCUT2D eigenvalue weighted by atomic mass is 9.95. The van der Waals surface area contributed by atoms with E-state index < -0.39 is 11.9 Å². The van der Waals surface area contributed by atoms with Gasteiger partial charge in [0.05, 0.1) is 11.8 Å². The van der Waals surface area contributed by atoms with Gasteiger partial charge in [0, 0.05) is 5.54 Å². The van der Waals surface area contributed by atoms with Crippen LogP contribution in [0, 0.1) is 17.8 Å². The van der Waals surface area contributed by atoms with Crippen LogP contribution in [0.25, 0.3) is 0 Å². The van der Waals surface area contributed by atoms with Gasteiger partial charge >= 0.3 is 5.97 Å². The topological polar surface area (TPSA) is 66.4 Å². The Kier molecular flexibility index (Phi) is 2.68. The van der Waals surface area contributed by atoms with Crippen LogP contribution in [-0.2, 0) is 9.59 Å². The minimum Gasteiger partial charge on any atom is -0.481 e. The Morgan fingerprint density at radius 2 is 1.81 bits per heavy atom. The van der Waals surface area contributed by atoms with Gasteiger partial charge in [-0.15, -0.1) is 0 Å². The van der Waals surface area contributed by atoms with Crippen LogP contribution >= 0.6 is 0 Å². The second kappa shape index (κ2) is 3.75. The molecule has 0 heterocycles. The first kappa shape index (κ1) is 11.4. The Morgan fingerprint density at radius 3 is 2.31 bits per heavy atom. The Bertz CT molecular complexity index is 322. The van der Waals surface area contributed by atoms with Crippen LogP contribution in [0.15, 0.2) is 0 Å². The number of amides is 1. The number of hydrogen-bond acceptors (Lipinski definition) is 2. The molecule has 2 saturated carbocycles. The fraction of sp³-hybridized carbons (Fsp3) is 0.833. The molecule has 2 aliphatic carbocycles. The smallest absolute Gasteiger partial charge is 0.307 e. The van der Waals surface area contributed by atoms with E-state index in [-0.39, 0.29) is 17.4 Å². The molecular weight excluding hydrogens is 206 g/mol. The number of nitrogens with one attached hydrogen (secondary N) is 1. The summed E-state index contributed by atoms with van der Waals surface area (Å²) in [6, 6.07) is 0. The highest BCUT2D eigenvalue weighted by Gasteiger charge is 2.45. The summed E-state index contributed by atoms with van der Waals surface area (Å²) in [6.07, 6.45) is 3.36. The summed E-state index contributed by atoms with van der Waals surface area (Å²) in [7, 11) is 0. The maximum absolute atomic E-state index is 12.0. The van der Waals surface area contributed by atoms with E-state index in [1.54, 1.807) is 0 Å². The Balaban J connectivity index is 2.01. The molecule has 16 heavy (non-hydrogen) atoms. The Labute approximate surface area is 95.4 Å². The highest BCUT2D eigenvalue weighted by Crippen LogP contribution is 2.39. The van der Waals surface area contributed by atoms with Crippen LogP contribution in [-0.4, -0.2) is 22.5 Å². The second-order valence-corrected chi connectivity index (χ2v) is 5.68. The summed E-state index contributed by atoms with van der Waals surface area (Å²) in [4.78, 5) is 23.1. The molecule has 3 atom stereocenters. The van der Waals surface area contributed by atoms with Crippen LogP contribution in [0.1, 0.15) is 39.5 Å². The summed E-state index contributed by atoms with van der Waals surface area (Å²) in [6.45, 7) is 4.03. The van der Waals surface area contributed by atoms with Crippen LogP contribution in [0.5, 0.6) is 0 Å². The molecule has 4 heteroatoms. The standard InChI is InChI=1S/C12H19NO3/c1-7-5-8(9(6-7)11(15)16)10(14)13-12(2)3-4-12/h7-9H,3-6H2,1-2H3,(H,13,14)(H,15,16)/t7?,8-,9+/m0/s1. The van der Waals surface area contributed by atoms with Gasteiger partial charge in [0.2, 0.25) is 5.91 Å². The van der Waals surface area contributed by atoms with Gasteiger partial charge in [0.1, 0.15) is 0 Å². The fourth-order valence-electron chi connectivity index (χ4n) is 2.56. The van der Waals surface area contributed by atoms with Crippen molar-refractivity contribution in [1.82, 2.24) is 5.32 Å². The molecule has 2 N–H and O–H groups in total. The van der Waals surface area contributed by atoms with Gasteiger partial charge in [-0.25, -0.2) is 0 Å². The zero-order valence-corrected chi connectivity index (χ0v) is 9.82. The number of carbonyl (C=O) groups is 2. The van der Waals surface area contributed by atoms with E-state index in [9.17, 15) is 9.59 Å². The van der Waals surface area contributed by atoms with E-state index in [1.807, 2.05) is 13.8 Å². The van der Waals surface area contributed by atoms with Crippen molar-refractivity contribution in [1.29, 1.82) is 0 Å². The summed E-state index contributed by atoms with van der Waals surface area (Å²) < 4.78 is 0. The number of rotatable bonds is 3. The van der Waals surface area contributed by atoms with Gasteiger partial charge in [0.15, 0.2) is 0 Å². The molecule has 2 aliphatic rings. The maximum Gasteiger partial charge on any atom is 0.307 e. The van der Waals surface area contributed by atoms with Gasteiger partial charge < -0.3 is 10.4 Å². The monoisotopic (exact) mass is 225 g/mol. The van der Waals surface area contributed by atoms with E-state index in [0.29, 0.717) is 18.8 Å². The average Bonchev–Trinajstić information content (AvgIpc) is 2.76. The summed E-state index contributed by atoms with van der Waals surface area (Å²) in [5, 5.41) is 12.1. The first-order valence-electron chi connectivity index (χ1n) is 5.96. The Hall–Kier alpha value is -1.06. The lowest BCUT2D eigenvalue weighted by Gasteiger charge is -2.18. The average molecular weight is 225 g/mol. The predicted octanol–water partition coefficient (Wildman–Crippen LogP) is 1.40. The molecule has 0 radical (unpaired) electrons. The number of carboxylic acid groups (broad SMARTS) is 1. The van der Waals surface area contributed by atoms with Crippen molar-refractivity contribution in [2.24, 2.45) is 17.8 Å². The summed E-state index contributed by atoms with van der Waals surface area (Å²) in [5.41, 5.74) is -0.0496. The number of aliphatic carboxylic acids is 1. The maximum atomic E-state index is 12.0. The van der Waals surface area contributed by atoms with Crippen molar-refractivity contribution in [2.75, 3.05) is 0 Å². The second-order valence-electron chi connectivity index (χ2n) is 5.68. The van der Waals surface area contributed by atoms with Crippen LogP contribution < -0.4 is 5.32 Å². The molecule has 1 amide bonds.